The average Bonchev–Trinajstić information content (AvgIpc) is 0. The van der Waals surface area contributed by atoms with E-state index >= 15 is 0 Å². The molecule has 0 saturated heterocycles. The van der Waals surface area contributed by atoms with E-state index in [0.29, 0.717) is 0 Å². The molecule has 0 radical (unpaired) electrons. The van der Waals surface area contributed by atoms with Crippen molar-refractivity contribution in [1.29, 1.82) is 0 Å². The van der Waals surface area contributed by atoms with E-state index < -0.39 is 0 Å². The van der Waals surface area contributed by atoms with Crippen molar-refractivity contribution in [3.63, 3.8) is 0 Å². The number of hydrogen-bond donors (Lipinski definition) is 0. The van der Waals surface area contributed by atoms with Gasteiger partial charge in [-0.2, -0.15) is 0 Å². The molecular formula is H6NaO3S3-5. The minimum atomic E-state index is 0. The van der Waals surface area contributed by atoms with E-state index in [9.17, 15) is 0 Å². The van der Waals surface area contributed by atoms with Gasteiger partial charge in [-0.1, -0.05) is 0 Å². The first kappa shape index (κ1) is 151. The number of rotatable bonds is 0. The minimum Gasteiger partial charge on any atom is -2.00 e. The third-order valence-corrected chi connectivity index (χ3v) is 0. The van der Waals surface area contributed by atoms with Gasteiger partial charge in [0.05, 0.1) is 0 Å². The van der Waals surface area contributed by atoms with Crippen molar-refractivity contribution < 1.29 is 46.0 Å². The Hall–Kier alpha value is 1.93. The van der Waals surface area contributed by atoms with E-state index in [0.717, 1.165) is 0 Å². The molecule has 0 spiro atoms. The zero-order valence-electron chi connectivity index (χ0n) is 3.72. The molecule has 3 nitrogen and oxygen atoms in total. The first-order valence-electron chi connectivity index (χ1n) is 0. The summed E-state index contributed by atoms with van der Waals surface area (Å²) in [6, 6.07) is 0. The van der Waals surface area contributed by atoms with Crippen LogP contribution in [0.4, 0.5) is 0 Å². The van der Waals surface area contributed by atoms with Gasteiger partial charge in [-0.15, -0.1) is 0 Å². The fourth-order valence-electron chi connectivity index (χ4n) is 0. The summed E-state index contributed by atoms with van der Waals surface area (Å²) in [6.07, 6.45) is 0. The molecule has 0 fully saturated rings. The molecule has 0 aliphatic heterocycles. The molecule has 0 heterocycles. The zero-order valence-corrected chi connectivity index (χ0v) is 8.17. The molecule has 0 saturated carbocycles. The van der Waals surface area contributed by atoms with Crippen molar-refractivity contribution in [2.75, 3.05) is 0 Å². The summed E-state index contributed by atoms with van der Waals surface area (Å²) in [5.41, 5.74) is 0. The van der Waals surface area contributed by atoms with Gasteiger partial charge in [0.15, 0.2) is 0 Å². The smallest absolute Gasteiger partial charge is 1.00 e. The van der Waals surface area contributed by atoms with Crippen LogP contribution in [0.15, 0.2) is 0 Å². The third kappa shape index (κ3) is 74.9. The van der Waals surface area contributed by atoms with E-state index in [1.54, 1.807) is 0 Å². The Labute approximate surface area is 85.8 Å². The van der Waals surface area contributed by atoms with Crippen LogP contribution in [0, 0.1) is 0 Å². The zero-order chi connectivity index (χ0) is 0. The average molecular weight is 173 g/mol. The maximum Gasteiger partial charge on any atom is 1.00 e. The van der Waals surface area contributed by atoms with E-state index in [2.05, 4.69) is 0 Å². The van der Waals surface area contributed by atoms with Gasteiger partial charge in [0.1, 0.15) is 0 Å². The summed E-state index contributed by atoms with van der Waals surface area (Å²) in [4.78, 5) is 0. The molecule has 7 heavy (non-hydrogen) atoms. The van der Waals surface area contributed by atoms with Gasteiger partial charge in [-0.05, 0) is 0 Å². The van der Waals surface area contributed by atoms with Crippen molar-refractivity contribution in [3.8, 4) is 0 Å². The summed E-state index contributed by atoms with van der Waals surface area (Å²) in [7, 11) is 0. The Morgan fingerprint density at radius 3 is 0.429 bits per heavy atom. The first-order chi connectivity index (χ1) is 0. The molecule has 0 bridgehead atoms. The van der Waals surface area contributed by atoms with Crippen LogP contribution >= 0.6 is 0 Å². The number of hydrogen-bond acceptors (Lipinski definition) is 0. The molecular weight excluding hydrogens is 167 g/mol. The SMILES string of the molecule is O.O.O.[Na+].[S-2].[S-2].[S-2]. The fourth-order valence-corrected chi connectivity index (χ4v) is 0. The fraction of sp³-hybridized carbons (Fsp3) is 0. The van der Waals surface area contributed by atoms with Crippen molar-refractivity contribution in [3.05, 3.63) is 0 Å². The normalized spacial score (nSPS) is 0. The maximum atomic E-state index is 0. The maximum absolute atomic E-state index is 0. The van der Waals surface area contributed by atoms with E-state index in [1.165, 1.54) is 0 Å². The first-order valence-corrected chi connectivity index (χ1v) is 0. The topological polar surface area (TPSA) is 94.5 Å². The van der Waals surface area contributed by atoms with Crippen LogP contribution in [0.1, 0.15) is 0 Å². The monoisotopic (exact) mass is 173 g/mol. The summed E-state index contributed by atoms with van der Waals surface area (Å²) in [5.74, 6) is 0. The van der Waals surface area contributed by atoms with E-state index in [4.69, 9.17) is 0 Å². The Kier molecular flexibility index (Phi) is 2200. The Morgan fingerprint density at radius 1 is 0.429 bits per heavy atom. The van der Waals surface area contributed by atoms with Gasteiger partial charge in [0.2, 0.25) is 0 Å². The molecule has 0 aliphatic rings. The summed E-state index contributed by atoms with van der Waals surface area (Å²) >= 11 is 0. The predicted octanol–water partition coefficient (Wildman–Crippen LogP) is -5.48. The predicted molar refractivity (Wildman–Crippen MR) is 32.9 cm³/mol. The standard InChI is InChI=1S/Na.3H2O.3S/h;3*1H2;;;/q+1;;;;3*-2. The van der Waals surface area contributed by atoms with E-state index in [-0.39, 0.29) is 86.5 Å². The molecule has 0 aliphatic carbocycles. The second-order valence-corrected chi connectivity index (χ2v) is 0. The van der Waals surface area contributed by atoms with Crippen molar-refractivity contribution in [2.45, 2.75) is 0 Å². The molecule has 6 N–H and O–H groups in total. The van der Waals surface area contributed by atoms with Crippen LogP contribution in [0.25, 0.3) is 0 Å². The second kappa shape index (κ2) is 102. The van der Waals surface area contributed by atoms with Crippen molar-refractivity contribution >= 4 is 40.5 Å². The summed E-state index contributed by atoms with van der Waals surface area (Å²) in [5, 5.41) is 0. The molecule has 0 aromatic rings. The van der Waals surface area contributed by atoms with Gasteiger partial charge in [0, 0.05) is 0 Å². The molecule has 0 aromatic heterocycles. The van der Waals surface area contributed by atoms with E-state index in [1.807, 2.05) is 0 Å². The van der Waals surface area contributed by atoms with Crippen molar-refractivity contribution in [1.82, 2.24) is 0 Å². The van der Waals surface area contributed by atoms with Crippen LogP contribution < -0.4 is 29.6 Å². The summed E-state index contributed by atoms with van der Waals surface area (Å²) in [6.45, 7) is 0. The minimum absolute atomic E-state index is 0. The molecule has 0 amide bonds. The Bertz CT molecular complexity index is 10.1. The van der Waals surface area contributed by atoms with Gasteiger partial charge in [-0.25, -0.2) is 0 Å². The molecule has 0 aromatic carbocycles. The van der Waals surface area contributed by atoms with Gasteiger partial charge in [-0.3, -0.25) is 0 Å². The van der Waals surface area contributed by atoms with Crippen LogP contribution in [-0.2, 0) is 40.5 Å². The van der Waals surface area contributed by atoms with Crippen LogP contribution in [0.2, 0.25) is 0 Å². The molecule has 0 rings (SSSR count). The van der Waals surface area contributed by atoms with Gasteiger partial charge >= 0.3 is 29.6 Å². The molecule has 0 unspecified atom stereocenters. The molecule has 7 heteroatoms. The largest absolute Gasteiger partial charge is 2.00 e. The molecule has 0 atom stereocenters. The summed E-state index contributed by atoms with van der Waals surface area (Å²) < 4.78 is 0. The van der Waals surface area contributed by atoms with Crippen molar-refractivity contribution in [2.24, 2.45) is 0 Å². The quantitative estimate of drug-likeness (QED) is 0.327. The van der Waals surface area contributed by atoms with Gasteiger partial charge < -0.3 is 56.9 Å². The second-order valence-electron chi connectivity index (χ2n) is 0. The Balaban J connectivity index is 0. The Morgan fingerprint density at radius 2 is 0.429 bits per heavy atom. The van der Waals surface area contributed by atoms with Crippen LogP contribution in [-0.4, -0.2) is 16.4 Å². The van der Waals surface area contributed by atoms with Crippen LogP contribution in [0.5, 0.6) is 0 Å². The van der Waals surface area contributed by atoms with Gasteiger partial charge in [0.25, 0.3) is 0 Å². The molecule has 48 valence electrons. The van der Waals surface area contributed by atoms with Crippen LogP contribution in [0.3, 0.4) is 0 Å². The third-order valence-electron chi connectivity index (χ3n) is 0.